The van der Waals surface area contributed by atoms with E-state index in [-0.39, 0.29) is 18.4 Å². The van der Waals surface area contributed by atoms with Gasteiger partial charge in [0, 0.05) is 13.6 Å². The first-order valence-electron chi connectivity index (χ1n) is 10.1. The Morgan fingerprint density at radius 3 is 2.17 bits per heavy atom. The standard InChI is InChI=1S/C24H32N2O3/c1-6-22(24(28)25-5)26(15-19-9-7-18(4)8-10-19)23(27)16-29-21-13-11-20(12-14-21)17(2)3/h7-14,17,22H,6,15-16H2,1-5H3,(H,25,28)/t22-/m0/s1. The maximum Gasteiger partial charge on any atom is 0.261 e. The van der Waals surface area contributed by atoms with Gasteiger partial charge in [-0.15, -0.1) is 0 Å². The second kappa shape index (κ2) is 10.6. The fourth-order valence-electron chi connectivity index (χ4n) is 3.15. The zero-order valence-corrected chi connectivity index (χ0v) is 18.1. The number of aryl methyl sites for hydroxylation is 1. The highest BCUT2D eigenvalue weighted by Gasteiger charge is 2.28. The van der Waals surface area contributed by atoms with Gasteiger partial charge in [-0.05, 0) is 42.5 Å². The van der Waals surface area contributed by atoms with Crippen LogP contribution in [0.4, 0.5) is 0 Å². The lowest BCUT2D eigenvalue weighted by atomic mass is 10.0. The molecule has 0 heterocycles. The molecular formula is C24H32N2O3. The molecule has 0 fully saturated rings. The summed E-state index contributed by atoms with van der Waals surface area (Å²) in [5.74, 6) is 0.697. The lowest BCUT2D eigenvalue weighted by Gasteiger charge is -2.30. The van der Waals surface area contributed by atoms with E-state index in [0.717, 1.165) is 11.1 Å². The number of nitrogens with one attached hydrogen (secondary N) is 1. The lowest BCUT2D eigenvalue weighted by molar-refractivity contribution is -0.142. The maximum atomic E-state index is 13.0. The average Bonchev–Trinajstić information content (AvgIpc) is 2.73. The molecule has 0 radical (unpaired) electrons. The zero-order valence-electron chi connectivity index (χ0n) is 18.1. The van der Waals surface area contributed by atoms with Crippen LogP contribution < -0.4 is 10.1 Å². The van der Waals surface area contributed by atoms with Crippen molar-refractivity contribution >= 4 is 11.8 Å². The smallest absolute Gasteiger partial charge is 0.261 e. The molecule has 1 N–H and O–H groups in total. The zero-order chi connectivity index (χ0) is 21.4. The van der Waals surface area contributed by atoms with Gasteiger partial charge in [-0.2, -0.15) is 0 Å². The van der Waals surface area contributed by atoms with Gasteiger partial charge < -0.3 is 15.0 Å². The van der Waals surface area contributed by atoms with Gasteiger partial charge in [-0.3, -0.25) is 9.59 Å². The van der Waals surface area contributed by atoms with E-state index in [0.29, 0.717) is 24.6 Å². The summed E-state index contributed by atoms with van der Waals surface area (Å²) in [6.07, 6.45) is 0.528. The van der Waals surface area contributed by atoms with Crippen LogP contribution in [0.1, 0.15) is 49.8 Å². The number of ether oxygens (including phenoxy) is 1. The molecule has 0 aliphatic heterocycles. The summed E-state index contributed by atoms with van der Waals surface area (Å²) in [5.41, 5.74) is 3.35. The van der Waals surface area contributed by atoms with Crippen LogP contribution in [0.3, 0.4) is 0 Å². The lowest BCUT2D eigenvalue weighted by Crippen LogP contribution is -2.49. The Morgan fingerprint density at radius 2 is 1.66 bits per heavy atom. The molecule has 2 amide bonds. The summed E-state index contributed by atoms with van der Waals surface area (Å²) in [4.78, 5) is 27.0. The van der Waals surface area contributed by atoms with Crippen LogP contribution in [0.5, 0.6) is 5.75 Å². The summed E-state index contributed by atoms with van der Waals surface area (Å²) in [6, 6.07) is 15.2. The average molecular weight is 397 g/mol. The van der Waals surface area contributed by atoms with Crippen LogP contribution in [0.15, 0.2) is 48.5 Å². The highest BCUT2D eigenvalue weighted by atomic mass is 16.5. The number of hydrogen-bond donors (Lipinski definition) is 1. The molecule has 1 atom stereocenters. The van der Waals surface area contributed by atoms with Crippen LogP contribution in [0, 0.1) is 6.92 Å². The van der Waals surface area contributed by atoms with Gasteiger partial charge in [-0.1, -0.05) is 62.7 Å². The Hall–Kier alpha value is -2.82. The van der Waals surface area contributed by atoms with Crippen molar-refractivity contribution in [1.29, 1.82) is 0 Å². The number of likely N-dealkylation sites (N-methyl/N-ethyl adjacent to an activating group) is 1. The molecule has 156 valence electrons. The molecule has 2 aromatic carbocycles. The predicted molar refractivity (Wildman–Crippen MR) is 116 cm³/mol. The molecule has 0 aromatic heterocycles. The SMILES string of the molecule is CC[C@@H](C(=O)NC)N(Cc1ccc(C)cc1)C(=O)COc1ccc(C(C)C)cc1. The first-order chi connectivity index (χ1) is 13.8. The monoisotopic (exact) mass is 396 g/mol. The van der Waals surface area contributed by atoms with E-state index in [1.165, 1.54) is 5.56 Å². The molecule has 0 spiro atoms. The van der Waals surface area contributed by atoms with Crippen molar-refractivity contribution in [2.24, 2.45) is 0 Å². The molecule has 2 aromatic rings. The third kappa shape index (κ3) is 6.34. The molecular weight excluding hydrogens is 364 g/mol. The number of hydrogen-bond acceptors (Lipinski definition) is 3. The minimum absolute atomic E-state index is 0.111. The minimum atomic E-state index is -0.541. The highest BCUT2D eigenvalue weighted by molar-refractivity contribution is 5.88. The Kier molecular flexibility index (Phi) is 8.25. The Labute approximate surface area is 174 Å². The van der Waals surface area contributed by atoms with Crippen molar-refractivity contribution in [3.63, 3.8) is 0 Å². The Morgan fingerprint density at radius 1 is 1.03 bits per heavy atom. The fourth-order valence-corrected chi connectivity index (χ4v) is 3.15. The number of carbonyl (C=O) groups excluding carboxylic acids is 2. The second-order valence-electron chi connectivity index (χ2n) is 7.56. The summed E-state index contributed by atoms with van der Waals surface area (Å²) in [7, 11) is 1.59. The molecule has 0 aliphatic rings. The number of amides is 2. The summed E-state index contributed by atoms with van der Waals surface area (Å²) in [5, 5.41) is 2.66. The van der Waals surface area contributed by atoms with Gasteiger partial charge in [0.15, 0.2) is 6.61 Å². The number of carbonyl (C=O) groups is 2. The molecule has 29 heavy (non-hydrogen) atoms. The van der Waals surface area contributed by atoms with E-state index >= 15 is 0 Å². The Bertz CT molecular complexity index is 798. The molecule has 2 rings (SSSR count). The van der Waals surface area contributed by atoms with E-state index in [9.17, 15) is 9.59 Å². The van der Waals surface area contributed by atoms with E-state index in [1.807, 2.05) is 62.4 Å². The van der Waals surface area contributed by atoms with Gasteiger partial charge in [-0.25, -0.2) is 0 Å². The largest absolute Gasteiger partial charge is 0.484 e. The van der Waals surface area contributed by atoms with Crippen LogP contribution in [0.25, 0.3) is 0 Å². The predicted octanol–water partition coefficient (Wildman–Crippen LogP) is 4.05. The molecule has 0 bridgehead atoms. The molecule has 0 unspecified atom stereocenters. The normalized spacial score (nSPS) is 11.8. The third-order valence-electron chi connectivity index (χ3n) is 5.01. The second-order valence-corrected chi connectivity index (χ2v) is 7.56. The van der Waals surface area contributed by atoms with Crippen molar-refractivity contribution in [2.45, 2.75) is 52.6 Å². The highest BCUT2D eigenvalue weighted by Crippen LogP contribution is 2.19. The summed E-state index contributed by atoms with van der Waals surface area (Å²) < 4.78 is 5.73. The first kappa shape index (κ1) is 22.5. The van der Waals surface area contributed by atoms with Crippen LogP contribution in [-0.4, -0.2) is 36.4 Å². The van der Waals surface area contributed by atoms with E-state index in [4.69, 9.17) is 4.74 Å². The van der Waals surface area contributed by atoms with Gasteiger partial charge in [0.05, 0.1) is 0 Å². The van der Waals surface area contributed by atoms with E-state index in [2.05, 4.69) is 19.2 Å². The van der Waals surface area contributed by atoms with Crippen LogP contribution in [0.2, 0.25) is 0 Å². The van der Waals surface area contributed by atoms with Crippen LogP contribution in [-0.2, 0) is 16.1 Å². The van der Waals surface area contributed by atoms with Gasteiger partial charge in [0.25, 0.3) is 5.91 Å². The van der Waals surface area contributed by atoms with Crippen molar-refractivity contribution in [3.05, 3.63) is 65.2 Å². The van der Waals surface area contributed by atoms with Gasteiger partial charge in [0.2, 0.25) is 5.91 Å². The number of nitrogens with zero attached hydrogens (tertiary/aromatic N) is 1. The maximum absolute atomic E-state index is 13.0. The van der Waals surface area contributed by atoms with Crippen LogP contribution >= 0.6 is 0 Å². The number of benzene rings is 2. The summed E-state index contributed by atoms with van der Waals surface area (Å²) >= 11 is 0. The fraction of sp³-hybridized carbons (Fsp3) is 0.417. The summed E-state index contributed by atoms with van der Waals surface area (Å²) in [6.45, 7) is 8.43. The third-order valence-corrected chi connectivity index (χ3v) is 5.01. The van der Waals surface area contributed by atoms with Gasteiger partial charge >= 0.3 is 0 Å². The van der Waals surface area contributed by atoms with E-state index in [1.54, 1.807) is 11.9 Å². The minimum Gasteiger partial charge on any atom is -0.484 e. The van der Waals surface area contributed by atoms with Crippen molar-refractivity contribution in [3.8, 4) is 5.75 Å². The van der Waals surface area contributed by atoms with Gasteiger partial charge in [0.1, 0.15) is 11.8 Å². The topological polar surface area (TPSA) is 58.6 Å². The number of rotatable bonds is 9. The molecule has 0 saturated heterocycles. The Balaban J connectivity index is 2.14. The van der Waals surface area contributed by atoms with Crippen molar-refractivity contribution in [1.82, 2.24) is 10.2 Å². The molecule has 0 aliphatic carbocycles. The quantitative estimate of drug-likeness (QED) is 0.696. The van der Waals surface area contributed by atoms with Crippen molar-refractivity contribution in [2.75, 3.05) is 13.7 Å². The van der Waals surface area contributed by atoms with E-state index < -0.39 is 6.04 Å². The molecule has 0 saturated carbocycles. The van der Waals surface area contributed by atoms with Crippen molar-refractivity contribution < 1.29 is 14.3 Å². The molecule has 5 nitrogen and oxygen atoms in total. The first-order valence-corrected chi connectivity index (χ1v) is 10.1. The molecule has 5 heteroatoms.